The van der Waals surface area contributed by atoms with Crippen LogP contribution in [-0.4, -0.2) is 43.7 Å². The lowest BCUT2D eigenvalue weighted by Gasteiger charge is -2.19. The highest BCUT2D eigenvalue weighted by molar-refractivity contribution is 6.03. The number of likely N-dealkylation sites (N-methyl/N-ethyl adjacent to an activating group) is 1. The van der Waals surface area contributed by atoms with Crippen LogP contribution >= 0.6 is 0 Å². The van der Waals surface area contributed by atoms with Gasteiger partial charge in [-0.15, -0.1) is 0 Å². The number of anilines is 2. The van der Waals surface area contributed by atoms with Crippen molar-refractivity contribution < 1.29 is 14.3 Å². The molecule has 3 aromatic rings. The third kappa shape index (κ3) is 5.22. The summed E-state index contributed by atoms with van der Waals surface area (Å²) in [7, 11) is 5.12. The molecule has 0 aliphatic heterocycles. The predicted octanol–water partition coefficient (Wildman–Crippen LogP) is 3.43. The van der Waals surface area contributed by atoms with E-state index in [-0.39, 0.29) is 5.91 Å². The van der Waals surface area contributed by atoms with Crippen molar-refractivity contribution in [2.45, 2.75) is 6.42 Å². The summed E-state index contributed by atoms with van der Waals surface area (Å²) in [6.07, 6.45) is 6.18. The molecule has 0 radical (unpaired) electrons. The van der Waals surface area contributed by atoms with Crippen LogP contribution in [0.4, 0.5) is 11.4 Å². The summed E-state index contributed by atoms with van der Waals surface area (Å²) in [5.41, 5.74) is 3.01. The Morgan fingerprint density at radius 3 is 2.52 bits per heavy atom. The van der Waals surface area contributed by atoms with Crippen molar-refractivity contribution in [3.05, 3.63) is 72.3 Å². The van der Waals surface area contributed by atoms with Crippen molar-refractivity contribution in [1.29, 1.82) is 0 Å². The first kappa shape index (κ1) is 20.1. The SMILES string of the molecule is COc1ccc(OC)c(NC(=O)c2ccc(N(C)CCc3ccncc3)cn2)c1. The largest absolute Gasteiger partial charge is 0.497 e. The lowest BCUT2D eigenvalue weighted by atomic mass is 10.2. The molecule has 2 heterocycles. The van der Waals surface area contributed by atoms with Crippen LogP contribution in [0, 0.1) is 0 Å². The van der Waals surface area contributed by atoms with Crippen molar-refractivity contribution in [3.8, 4) is 11.5 Å². The van der Waals surface area contributed by atoms with Gasteiger partial charge < -0.3 is 19.7 Å². The Bertz CT molecular complexity index is 946. The highest BCUT2D eigenvalue weighted by Crippen LogP contribution is 2.29. The molecule has 0 spiro atoms. The lowest BCUT2D eigenvalue weighted by Crippen LogP contribution is -2.21. The molecule has 3 rings (SSSR count). The van der Waals surface area contributed by atoms with Gasteiger partial charge in [-0.1, -0.05) is 0 Å². The van der Waals surface area contributed by atoms with Gasteiger partial charge >= 0.3 is 0 Å². The maximum Gasteiger partial charge on any atom is 0.274 e. The van der Waals surface area contributed by atoms with Crippen LogP contribution in [0.3, 0.4) is 0 Å². The molecule has 0 unspecified atom stereocenters. The van der Waals surface area contributed by atoms with Crippen LogP contribution in [0.5, 0.6) is 11.5 Å². The van der Waals surface area contributed by atoms with Crippen molar-refractivity contribution in [2.75, 3.05) is 38.0 Å². The highest BCUT2D eigenvalue weighted by atomic mass is 16.5. The molecule has 0 atom stereocenters. The van der Waals surface area contributed by atoms with Crippen molar-refractivity contribution >= 4 is 17.3 Å². The number of aromatic nitrogens is 2. The van der Waals surface area contributed by atoms with Gasteiger partial charge in [0, 0.05) is 32.1 Å². The van der Waals surface area contributed by atoms with Gasteiger partial charge in [-0.2, -0.15) is 0 Å². The standard InChI is InChI=1S/C22H24N4O3/c1-26(13-10-16-8-11-23-12-9-16)17-4-6-19(24-15-17)22(27)25-20-14-18(28-2)5-7-21(20)29-3/h4-9,11-12,14-15H,10,13H2,1-3H3,(H,25,27). The first-order chi connectivity index (χ1) is 14.1. The van der Waals surface area contributed by atoms with E-state index >= 15 is 0 Å². The Morgan fingerprint density at radius 2 is 1.86 bits per heavy atom. The van der Waals surface area contributed by atoms with Gasteiger partial charge in [0.1, 0.15) is 17.2 Å². The van der Waals surface area contributed by atoms with Crippen LogP contribution in [0.15, 0.2) is 61.1 Å². The van der Waals surface area contributed by atoms with Gasteiger partial charge in [0.05, 0.1) is 31.8 Å². The average molecular weight is 392 g/mol. The molecule has 1 amide bonds. The second-order valence-corrected chi connectivity index (χ2v) is 6.45. The summed E-state index contributed by atoms with van der Waals surface area (Å²) in [6, 6.07) is 12.8. The number of hydrogen-bond donors (Lipinski definition) is 1. The zero-order valence-corrected chi connectivity index (χ0v) is 16.8. The number of nitrogens with one attached hydrogen (secondary N) is 1. The number of benzene rings is 1. The fourth-order valence-corrected chi connectivity index (χ4v) is 2.82. The minimum atomic E-state index is -0.317. The molecule has 1 N–H and O–H groups in total. The zero-order valence-electron chi connectivity index (χ0n) is 16.8. The Labute approximate surface area is 170 Å². The Balaban J connectivity index is 1.64. The molecule has 7 heteroatoms. The summed E-state index contributed by atoms with van der Waals surface area (Å²) < 4.78 is 10.5. The van der Waals surface area contributed by atoms with E-state index in [2.05, 4.69) is 20.2 Å². The van der Waals surface area contributed by atoms with Crippen LogP contribution in [0.1, 0.15) is 16.1 Å². The molecule has 0 bridgehead atoms. The third-order valence-electron chi connectivity index (χ3n) is 4.56. The molecule has 150 valence electrons. The van der Waals surface area contributed by atoms with Gasteiger partial charge in [0.25, 0.3) is 5.91 Å². The predicted molar refractivity (Wildman–Crippen MR) is 113 cm³/mol. The number of nitrogens with zero attached hydrogens (tertiary/aromatic N) is 3. The molecular weight excluding hydrogens is 368 g/mol. The van der Waals surface area contributed by atoms with Crippen molar-refractivity contribution in [2.24, 2.45) is 0 Å². The Morgan fingerprint density at radius 1 is 1.07 bits per heavy atom. The Kier molecular flexibility index (Phi) is 6.63. The van der Waals surface area contributed by atoms with Crippen molar-refractivity contribution in [1.82, 2.24) is 9.97 Å². The number of rotatable bonds is 8. The second kappa shape index (κ2) is 9.54. The van der Waals surface area contributed by atoms with E-state index in [4.69, 9.17) is 9.47 Å². The lowest BCUT2D eigenvalue weighted by molar-refractivity contribution is 0.102. The molecule has 0 fully saturated rings. The smallest absolute Gasteiger partial charge is 0.274 e. The fraction of sp³-hybridized carbons (Fsp3) is 0.227. The van der Waals surface area contributed by atoms with Gasteiger partial charge in [0.2, 0.25) is 0 Å². The van der Waals surface area contributed by atoms with Gasteiger partial charge in [-0.25, -0.2) is 4.98 Å². The number of amides is 1. The number of pyridine rings is 2. The van der Waals surface area contributed by atoms with E-state index in [0.29, 0.717) is 22.9 Å². The molecule has 2 aromatic heterocycles. The second-order valence-electron chi connectivity index (χ2n) is 6.45. The van der Waals surface area contributed by atoms with E-state index in [0.717, 1.165) is 18.7 Å². The van der Waals surface area contributed by atoms with Crippen LogP contribution < -0.4 is 19.7 Å². The normalized spacial score (nSPS) is 10.3. The minimum absolute atomic E-state index is 0.317. The summed E-state index contributed by atoms with van der Waals surface area (Å²) in [6.45, 7) is 0.832. The number of hydrogen-bond acceptors (Lipinski definition) is 6. The fourth-order valence-electron chi connectivity index (χ4n) is 2.82. The monoisotopic (exact) mass is 392 g/mol. The third-order valence-corrected chi connectivity index (χ3v) is 4.56. The van der Waals surface area contributed by atoms with E-state index < -0.39 is 0 Å². The number of methoxy groups -OCH3 is 2. The van der Waals surface area contributed by atoms with Crippen LogP contribution in [0.2, 0.25) is 0 Å². The number of ether oxygens (including phenoxy) is 2. The van der Waals surface area contributed by atoms with E-state index in [1.165, 1.54) is 5.56 Å². The van der Waals surface area contributed by atoms with Gasteiger partial charge in [-0.05, 0) is 48.4 Å². The average Bonchev–Trinajstić information content (AvgIpc) is 2.78. The van der Waals surface area contributed by atoms with Crippen molar-refractivity contribution in [3.63, 3.8) is 0 Å². The maximum absolute atomic E-state index is 12.6. The minimum Gasteiger partial charge on any atom is -0.497 e. The van der Waals surface area contributed by atoms with E-state index in [1.54, 1.807) is 57.1 Å². The first-order valence-electron chi connectivity index (χ1n) is 9.20. The number of carbonyl (C=O) groups excluding carboxylic acids is 1. The maximum atomic E-state index is 12.6. The summed E-state index contributed by atoms with van der Waals surface area (Å²) in [5, 5.41) is 2.82. The zero-order chi connectivity index (χ0) is 20.6. The topological polar surface area (TPSA) is 76.6 Å². The van der Waals surface area contributed by atoms with E-state index in [9.17, 15) is 4.79 Å². The first-order valence-corrected chi connectivity index (χ1v) is 9.20. The number of carbonyl (C=O) groups is 1. The molecule has 0 aliphatic carbocycles. The summed E-state index contributed by atoms with van der Waals surface area (Å²) in [4.78, 5) is 23.0. The highest BCUT2D eigenvalue weighted by Gasteiger charge is 2.13. The summed E-state index contributed by atoms with van der Waals surface area (Å²) >= 11 is 0. The molecule has 0 saturated carbocycles. The Hall–Kier alpha value is -3.61. The quantitative estimate of drug-likeness (QED) is 0.633. The van der Waals surface area contributed by atoms with Gasteiger partial charge in [-0.3, -0.25) is 9.78 Å². The molecule has 7 nitrogen and oxygen atoms in total. The molecule has 0 saturated heterocycles. The molecule has 1 aromatic carbocycles. The summed E-state index contributed by atoms with van der Waals surface area (Å²) in [5.74, 6) is 0.856. The van der Waals surface area contributed by atoms with Gasteiger partial charge in [0.15, 0.2) is 0 Å². The molecular formula is C22H24N4O3. The molecule has 29 heavy (non-hydrogen) atoms. The van der Waals surface area contributed by atoms with Crippen LogP contribution in [-0.2, 0) is 6.42 Å². The molecule has 0 aliphatic rings. The van der Waals surface area contributed by atoms with Crippen LogP contribution in [0.25, 0.3) is 0 Å². The van der Waals surface area contributed by atoms with E-state index in [1.807, 2.05) is 25.2 Å².